The molecular weight excluding hydrogens is 236 g/mol. The highest BCUT2D eigenvalue weighted by molar-refractivity contribution is 5.27. The minimum Gasteiger partial charge on any atom is -0.380 e. The van der Waals surface area contributed by atoms with E-state index in [1.807, 2.05) is 24.5 Å². The van der Waals surface area contributed by atoms with Crippen molar-refractivity contribution in [2.24, 2.45) is 0 Å². The summed E-state index contributed by atoms with van der Waals surface area (Å²) < 4.78 is 5.21. The Morgan fingerprint density at radius 3 is 2.53 bits per heavy atom. The van der Waals surface area contributed by atoms with E-state index in [0.717, 1.165) is 13.1 Å². The smallest absolute Gasteiger partial charge is 0.0716 e. The van der Waals surface area contributed by atoms with Crippen LogP contribution in [0.2, 0.25) is 0 Å². The molecule has 0 aliphatic rings. The maximum Gasteiger partial charge on any atom is 0.0716 e. The van der Waals surface area contributed by atoms with Gasteiger partial charge in [-0.3, -0.25) is 4.98 Å². The van der Waals surface area contributed by atoms with Crippen LogP contribution < -0.4 is 5.32 Å². The van der Waals surface area contributed by atoms with Gasteiger partial charge in [0.25, 0.3) is 0 Å². The molecule has 0 saturated heterocycles. The molecule has 0 fully saturated rings. The lowest BCUT2D eigenvalue weighted by atomic mass is 10.1. The van der Waals surface area contributed by atoms with E-state index in [1.54, 1.807) is 7.11 Å². The molecule has 1 heterocycles. The number of hydrogen-bond donors (Lipinski definition) is 1. The van der Waals surface area contributed by atoms with Gasteiger partial charge < -0.3 is 10.1 Å². The molecule has 0 amide bonds. The number of rotatable bonds is 6. The Bertz CT molecular complexity index is 526. The highest BCUT2D eigenvalue weighted by Gasteiger charge is 2.02. The topological polar surface area (TPSA) is 34.1 Å². The van der Waals surface area contributed by atoms with Gasteiger partial charge in [-0.1, -0.05) is 24.3 Å². The quantitative estimate of drug-likeness (QED) is 0.863. The van der Waals surface area contributed by atoms with Crippen molar-refractivity contribution in [1.29, 1.82) is 0 Å². The van der Waals surface area contributed by atoms with Gasteiger partial charge in [0.05, 0.1) is 6.61 Å². The predicted octanol–water partition coefficient (Wildman–Crippen LogP) is 2.83. The predicted molar refractivity (Wildman–Crippen MR) is 76.7 cm³/mol. The summed E-state index contributed by atoms with van der Waals surface area (Å²) in [5.41, 5.74) is 5.03. The van der Waals surface area contributed by atoms with Crippen LogP contribution in [0.25, 0.3) is 0 Å². The zero-order valence-corrected chi connectivity index (χ0v) is 11.5. The molecule has 1 aromatic carbocycles. The molecule has 0 radical (unpaired) electrons. The number of nitrogens with zero attached hydrogens (tertiary/aromatic N) is 1. The summed E-state index contributed by atoms with van der Waals surface area (Å²) >= 11 is 0. The van der Waals surface area contributed by atoms with Crippen LogP contribution in [0, 0.1) is 6.92 Å². The van der Waals surface area contributed by atoms with E-state index in [9.17, 15) is 0 Å². The molecule has 100 valence electrons. The molecule has 0 spiro atoms. The summed E-state index contributed by atoms with van der Waals surface area (Å²) in [7, 11) is 1.73. The van der Waals surface area contributed by atoms with Crippen LogP contribution in [-0.2, 0) is 24.4 Å². The minimum absolute atomic E-state index is 0.657. The van der Waals surface area contributed by atoms with E-state index in [0.29, 0.717) is 6.61 Å². The molecule has 0 atom stereocenters. The summed E-state index contributed by atoms with van der Waals surface area (Å²) in [4.78, 5) is 4.16. The van der Waals surface area contributed by atoms with Crippen LogP contribution in [0.4, 0.5) is 0 Å². The van der Waals surface area contributed by atoms with Crippen molar-refractivity contribution in [2.75, 3.05) is 7.11 Å². The lowest BCUT2D eigenvalue weighted by Crippen LogP contribution is -2.15. The Morgan fingerprint density at radius 1 is 1.05 bits per heavy atom. The number of hydrogen-bond acceptors (Lipinski definition) is 3. The summed E-state index contributed by atoms with van der Waals surface area (Å²) in [5, 5.41) is 3.46. The number of pyridine rings is 1. The van der Waals surface area contributed by atoms with Crippen LogP contribution in [-0.4, -0.2) is 12.1 Å². The summed E-state index contributed by atoms with van der Waals surface area (Å²) in [5.74, 6) is 0. The summed E-state index contributed by atoms with van der Waals surface area (Å²) in [6, 6.07) is 10.4. The molecule has 19 heavy (non-hydrogen) atoms. The van der Waals surface area contributed by atoms with Crippen LogP contribution in [0.5, 0.6) is 0 Å². The standard InChI is InChI=1S/C16H20N2O/c1-13-7-8-17-10-16(13)11-18-9-14-5-3-4-6-15(14)12-19-2/h3-8,10,18H,9,11-12H2,1-2H3. The third-order valence-corrected chi connectivity index (χ3v) is 3.20. The van der Waals surface area contributed by atoms with Crippen LogP contribution >= 0.6 is 0 Å². The van der Waals surface area contributed by atoms with E-state index in [4.69, 9.17) is 4.74 Å². The van der Waals surface area contributed by atoms with Gasteiger partial charge in [-0.05, 0) is 35.2 Å². The lowest BCUT2D eigenvalue weighted by Gasteiger charge is -2.11. The first-order valence-corrected chi connectivity index (χ1v) is 6.47. The van der Waals surface area contributed by atoms with Gasteiger partial charge in [-0.2, -0.15) is 0 Å². The fraction of sp³-hybridized carbons (Fsp3) is 0.312. The molecule has 0 aliphatic heterocycles. The second kappa shape index (κ2) is 7.02. The van der Waals surface area contributed by atoms with Crippen LogP contribution in [0.1, 0.15) is 22.3 Å². The van der Waals surface area contributed by atoms with Gasteiger partial charge in [-0.25, -0.2) is 0 Å². The van der Waals surface area contributed by atoms with Gasteiger partial charge in [-0.15, -0.1) is 0 Å². The Kier molecular flexibility index (Phi) is 5.07. The minimum atomic E-state index is 0.657. The average Bonchev–Trinajstić information content (AvgIpc) is 2.43. The van der Waals surface area contributed by atoms with Crippen LogP contribution in [0.3, 0.4) is 0 Å². The van der Waals surface area contributed by atoms with E-state index < -0.39 is 0 Å². The molecule has 0 bridgehead atoms. The Balaban J connectivity index is 1.94. The zero-order valence-electron chi connectivity index (χ0n) is 11.5. The molecule has 0 aliphatic carbocycles. The second-order valence-electron chi connectivity index (χ2n) is 4.61. The van der Waals surface area contributed by atoms with Crippen molar-refractivity contribution in [3.8, 4) is 0 Å². The summed E-state index contributed by atoms with van der Waals surface area (Å²) in [6.07, 6.45) is 3.75. The van der Waals surface area contributed by atoms with Crippen molar-refractivity contribution in [3.63, 3.8) is 0 Å². The van der Waals surface area contributed by atoms with Gasteiger partial charge in [0.2, 0.25) is 0 Å². The van der Waals surface area contributed by atoms with Gasteiger partial charge in [0, 0.05) is 32.6 Å². The number of aromatic nitrogens is 1. The van der Waals surface area contributed by atoms with Crippen molar-refractivity contribution < 1.29 is 4.74 Å². The maximum atomic E-state index is 5.21. The molecule has 0 saturated carbocycles. The fourth-order valence-corrected chi connectivity index (χ4v) is 2.04. The first-order chi connectivity index (χ1) is 9.31. The van der Waals surface area contributed by atoms with E-state index in [1.165, 1.54) is 22.3 Å². The van der Waals surface area contributed by atoms with Crippen molar-refractivity contribution in [3.05, 3.63) is 65.0 Å². The van der Waals surface area contributed by atoms with Crippen LogP contribution in [0.15, 0.2) is 42.7 Å². The fourth-order valence-electron chi connectivity index (χ4n) is 2.04. The molecule has 0 unspecified atom stereocenters. The highest BCUT2D eigenvalue weighted by Crippen LogP contribution is 2.10. The monoisotopic (exact) mass is 256 g/mol. The zero-order chi connectivity index (χ0) is 13.5. The van der Waals surface area contributed by atoms with Crippen molar-refractivity contribution >= 4 is 0 Å². The highest BCUT2D eigenvalue weighted by atomic mass is 16.5. The van der Waals surface area contributed by atoms with E-state index >= 15 is 0 Å². The Labute approximate surface area is 114 Å². The van der Waals surface area contributed by atoms with Gasteiger partial charge >= 0.3 is 0 Å². The first kappa shape index (κ1) is 13.7. The first-order valence-electron chi connectivity index (χ1n) is 6.47. The molecule has 3 nitrogen and oxygen atoms in total. The van der Waals surface area contributed by atoms with Crippen molar-refractivity contribution in [2.45, 2.75) is 26.6 Å². The SMILES string of the molecule is COCc1ccccc1CNCc1cnccc1C. The molecule has 1 N–H and O–H groups in total. The normalized spacial score (nSPS) is 10.6. The molecular formula is C16H20N2O. The van der Waals surface area contributed by atoms with E-state index in [2.05, 4.69) is 35.4 Å². The maximum absolute atomic E-state index is 5.21. The molecule has 2 rings (SSSR count). The largest absolute Gasteiger partial charge is 0.380 e. The Morgan fingerprint density at radius 2 is 1.79 bits per heavy atom. The number of nitrogens with one attached hydrogen (secondary N) is 1. The van der Waals surface area contributed by atoms with Gasteiger partial charge in [0.15, 0.2) is 0 Å². The third kappa shape index (κ3) is 3.88. The number of methoxy groups -OCH3 is 1. The number of aryl methyl sites for hydroxylation is 1. The van der Waals surface area contributed by atoms with E-state index in [-0.39, 0.29) is 0 Å². The van der Waals surface area contributed by atoms with Gasteiger partial charge in [0.1, 0.15) is 0 Å². The second-order valence-corrected chi connectivity index (χ2v) is 4.61. The number of ether oxygens (including phenoxy) is 1. The average molecular weight is 256 g/mol. The lowest BCUT2D eigenvalue weighted by molar-refractivity contribution is 0.184. The van der Waals surface area contributed by atoms with Crippen molar-refractivity contribution in [1.82, 2.24) is 10.3 Å². The molecule has 3 heteroatoms. The summed E-state index contributed by atoms with van der Waals surface area (Å²) in [6.45, 7) is 4.44. The third-order valence-electron chi connectivity index (χ3n) is 3.20. The molecule has 2 aromatic rings. The number of benzene rings is 1. The Hall–Kier alpha value is -1.71. The molecule has 1 aromatic heterocycles.